The lowest BCUT2D eigenvalue weighted by atomic mass is 9.76. The Balaban J connectivity index is 1.99. The third-order valence-corrected chi connectivity index (χ3v) is 5.39. The number of thiophene rings is 1. The quantitative estimate of drug-likeness (QED) is 0.811. The predicted octanol–water partition coefficient (Wildman–Crippen LogP) is 4.50. The molecule has 2 N–H and O–H groups in total. The highest BCUT2D eigenvalue weighted by Gasteiger charge is 2.24. The van der Waals surface area contributed by atoms with Gasteiger partial charge in [-0.15, -0.1) is 11.3 Å². The van der Waals surface area contributed by atoms with Crippen molar-refractivity contribution in [2.24, 2.45) is 17.1 Å². The summed E-state index contributed by atoms with van der Waals surface area (Å²) in [5.41, 5.74) is 5.97. The Morgan fingerprint density at radius 1 is 1.38 bits per heavy atom. The lowest BCUT2D eigenvalue weighted by molar-refractivity contribution is 0.208. The largest absolute Gasteiger partial charge is 0.339 e. The minimum atomic E-state index is 0.251. The molecule has 2 aromatic heterocycles. The van der Waals surface area contributed by atoms with Gasteiger partial charge in [0.2, 0.25) is 11.7 Å². The van der Waals surface area contributed by atoms with Crippen LogP contribution in [-0.4, -0.2) is 16.7 Å². The van der Waals surface area contributed by atoms with Crippen molar-refractivity contribution in [3.8, 4) is 10.7 Å². The third-order valence-electron chi connectivity index (χ3n) is 3.70. The van der Waals surface area contributed by atoms with Gasteiger partial charge in [0.15, 0.2) is 0 Å². The van der Waals surface area contributed by atoms with E-state index in [0.717, 1.165) is 35.2 Å². The van der Waals surface area contributed by atoms with E-state index >= 15 is 0 Å². The fourth-order valence-electron chi connectivity index (χ4n) is 2.40. The van der Waals surface area contributed by atoms with Crippen LogP contribution in [0.4, 0.5) is 0 Å². The van der Waals surface area contributed by atoms with Crippen LogP contribution in [0.1, 0.15) is 39.5 Å². The van der Waals surface area contributed by atoms with E-state index in [1.165, 1.54) is 0 Å². The van der Waals surface area contributed by atoms with Crippen molar-refractivity contribution in [3.05, 3.63) is 21.8 Å². The van der Waals surface area contributed by atoms with Gasteiger partial charge in [0.1, 0.15) is 0 Å². The van der Waals surface area contributed by atoms with Crippen molar-refractivity contribution in [2.75, 3.05) is 6.54 Å². The Labute approximate surface area is 138 Å². The number of rotatable bonds is 6. The summed E-state index contributed by atoms with van der Waals surface area (Å²) in [4.78, 5) is 5.51. The SMILES string of the molecule is CC(C)(C)C(CCN)CCc1nc(-c2cc(Br)cs2)no1. The molecule has 0 aliphatic carbocycles. The van der Waals surface area contributed by atoms with E-state index in [4.69, 9.17) is 10.3 Å². The smallest absolute Gasteiger partial charge is 0.226 e. The summed E-state index contributed by atoms with van der Waals surface area (Å²) in [7, 11) is 0. The van der Waals surface area contributed by atoms with Crippen LogP contribution in [0, 0.1) is 11.3 Å². The zero-order valence-electron chi connectivity index (χ0n) is 12.7. The summed E-state index contributed by atoms with van der Waals surface area (Å²) in [6, 6.07) is 2.01. The van der Waals surface area contributed by atoms with Crippen LogP contribution >= 0.6 is 27.3 Å². The summed E-state index contributed by atoms with van der Waals surface area (Å²) in [5, 5.41) is 6.08. The van der Waals surface area contributed by atoms with Crippen LogP contribution < -0.4 is 5.73 Å². The maximum Gasteiger partial charge on any atom is 0.226 e. The topological polar surface area (TPSA) is 64.9 Å². The van der Waals surface area contributed by atoms with Crippen LogP contribution in [0.5, 0.6) is 0 Å². The number of halogens is 1. The molecule has 21 heavy (non-hydrogen) atoms. The minimum Gasteiger partial charge on any atom is -0.339 e. The third kappa shape index (κ3) is 4.63. The summed E-state index contributed by atoms with van der Waals surface area (Å²) < 4.78 is 6.41. The Morgan fingerprint density at radius 3 is 2.71 bits per heavy atom. The second-order valence-electron chi connectivity index (χ2n) is 6.32. The van der Waals surface area contributed by atoms with E-state index in [1.807, 2.05) is 11.4 Å². The Bertz CT molecular complexity index is 573. The first-order valence-electron chi connectivity index (χ1n) is 7.17. The molecule has 0 saturated heterocycles. The number of hydrogen-bond acceptors (Lipinski definition) is 5. The molecule has 0 amide bonds. The van der Waals surface area contributed by atoms with Gasteiger partial charge in [-0.05, 0) is 52.7 Å². The molecule has 2 rings (SSSR count). The van der Waals surface area contributed by atoms with Crippen molar-refractivity contribution in [1.29, 1.82) is 0 Å². The number of aromatic nitrogens is 2. The lowest BCUT2D eigenvalue weighted by Gasteiger charge is -2.30. The van der Waals surface area contributed by atoms with Crippen molar-refractivity contribution in [2.45, 2.75) is 40.0 Å². The fraction of sp³-hybridized carbons (Fsp3) is 0.600. The van der Waals surface area contributed by atoms with E-state index in [0.29, 0.717) is 17.6 Å². The van der Waals surface area contributed by atoms with Gasteiger partial charge in [0.25, 0.3) is 0 Å². The molecular formula is C15H22BrN3OS. The van der Waals surface area contributed by atoms with Gasteiger partial charge in [-0.25, -0.2) is 0 Å². The summed E-state index contributed by atoms with van der Waals surface area (Å²) in [6.07, 6.45) is 2.86. The average molecular weight is 372 g/mol. The van der Waals surface area contributed by atoms with Crippen LogP contribution in [0.2, 0.25) is 0 Å². The van der Waals surface area contributed by atoms with Gasteiger partial charge in [-0.3, -0.25) is 0 Å². The van der Waals surface area contributed by atoms with Gasteiger partial charge in [0, 0.05) is 16.3 Å². The Hall–Kier alpha value is -0.720. The molecule has 116 valence electrons. The molecule has 0 spiro atoms. The lowest BCUT2D eigenvalue weighted by Crippen LogP contribution is -2.24. The first kappa shape index (κ1) is 16.6. The molecule has 2 heterocycles. The zero-order chi connectivity index (χ0) is 15.5. The van der Waals surface area contributed by atoms with Crippen molar-refractivity contribution >= 4 is 27.3 Å². The second kappa shape index (κ2) is 7.03. The molecule has 4 nitrogen and oxygen atoms in total. The average Bonchev–Trinajstić information content (AvgIpc) is 3.01. The fourth-order valence-corrected chi connectivity index (χ4v) is 3.75. The monoisotopic (exact) mass is 371 g/mol. The second-order valence-corrected chi connectivity index (χ2v) is 8.15. The number of hydrogen-bond donors (Lipinski definition) is 1. The van der Waals surface area contributed by atoms with Gasteiger partial charge >= 0.3 is 0 Å². The molecule has 6 heteroatoms. The van der Waals surface area contributed by atoms with Crippen LogP contribution in [0.15, 0.2) is 20.4 Å². The first-order valence-corrected chi connectivity index (χ1v) is 8.84. The molecule has 1 atom stereocenters. The maximum atomic E-state index is 5.72. The van der Waals surface area contributed by atoms with Crippen LogP contribution in [0.25, 0.3) is 10.7 Å². The molecule has 0 fully saturated rings. The minimum absolute atomic E-state index is 0.251. The standard InChI is InChI=1S/C15H22BrN3OS/c1-15(2,3)10(6-7-17)4-5-13-18-14(19-20-13)12-8-11(16)9-21-12/h8-10H,4-7,17H2,1-3H3. The number of nitrogens with two attached hydrogens (primary N) is 1. The Kier molecular flexibility index (Phi) is 5.57. The van der Waals surface area contributed by atoms with E-state index in [1.54, 1.807) is 11.3 Å². The molecule has 0 radical (unpaired) electrons. The van der Waals surface area contributed by atoms with E-state index in [9.17, 15) is 0 Å². The van der Waals surface area contributed by atoms with E-state index in [-0.39, 0.29) is 5.41 Å². The normalized spacial score (nSPS) is 13.6. The molecule has 0 aromatic carbocycles. The van der Waals surface area contributed by atoms with Crippen molar-refractivity contribution in [1.82, 2.24) is 10.1 Å². The van der Waals surface area contributed by atoms with Gasteiger partial charge in [-0.1, -0.05) is 25.9 Å². The van der Waals surface area contributed by atoms with Gasteiger partial charge in [-0.2, -0.15) is 4.98 Å². The highest BCUT2D eigenvalue weighted by molar-refractivity contribution is 9.10. The molecule has 0 aliphatic rings. The van der Waals surface area contributed by atoms with Crippen LogP contribution in [0.3, 0.4) is 0 Å². The number of aryl methyl sites for hydroxylation is 1. The van der Waals surface area contributed by atoms with Gasteiger partial charge in [0.05, 0.1) is 4.88 Å². The van der Waals surface area contributed by atoms with Crippen LogP contribution in [-0.2, 0) is 6.42 Å². The van der Waals surface area contributed by atoms with Crippen molar-refractivity contribution < 1.29 is 4.52 Å². The predicted molar refractivity (Wildman–Crippen MR) is 90.2 cm³/mol. The molecule has 0 bridgehead atoms. The molecule has 0 saturated carbocycles. The first-order chi connectivity index (χ1) is 9.90. The highest BCUT2D eigenvalue weighted by atomic mass is 79.9. The van der Waals surface area contributed by atoms with Gasteiger partial charge < -0.3 is 10.3 Å². The highest BCUT2D eigenvalue weighted by Crippen LogP contribution is 2.32. The summed E-state index contributed by atoms with van der Waals surface area (Å²) in [5.74, 6) is 1.95. The summed E-state index contributed by atoms with van der Waals surface area (Å²) in [6.45, 7) is 7.50. The number of nitrogens with zero attached hydrogens (tertiary/aromatic N) is 2. The van der Waals surface area contributed by atoms with Crippen molar-refractivity contribution in [3.63, 3.8) is 0 Å². The van der Waals surface area contributed by atoms with E-state index in [2.05, 4.69) is 46.8 Å². The molecule has 2 aromatic rings. The molecule has 0 aliphatic heterocycles. The van der Waals surface area contributed by atoms with E-state index < -0.39 is 0 Å². The summed E-state index contributed by atoms with van der Waals surface area (Å²) >= 11 is 5.04. The molecule has 1 unspecified atom stereocenters. The maximum absolute atomic E-state index is 5.72. The molecular weight excluding hydrogens is 350 g/mol. The Morgan fingerprint density at radius 2 is 2.14 bits per heavy atom. The zero-order valence-corrected chi connectivity index (χ0v) is 15.1.